The zero-order valence-corrected chi connectivity index (χ0v) is 15.5. The molecular formula is C17H16N4S3. The van der Waals surface area contributed by atoms with Crippen molar-refractivity contribution in [1.82, 2.24) is 10.3 Å². The number of nitrogens with two attached hydrogens (primary N) is 1. The van der Waals surface area contributed by atoms with Crippen LogP contribution in [0.2, 0.25) is 0 Å². The van der Waals surface area contributed by atoms with Crippen LogP contribution in [0.25, 0.3) is 10.6 Å². The standard InChI is InChI=1S/C17H16N4S3/c1-19-16(14-6-9-23-15(14)18)20-7-3-2-4-13-11-24-17(21-13)12-5-8-22-10-12/h5-6,8-11H,3,7,18H2,1H3,(H,19,20). The summed E-state index contributed by atoms with van der Waals surface area (Å²) in [4.78, 5) is 8.80. The number of thiazole rings is 1. The molecule has 0 fully saturated rings. The maximum Gasteiger partial charge on any atom is 0.131 e. The van der Waals surface area contributed by atoms with Crippen LogP contribution in [0.4, 0.5) is 5.00 Å². The first-order valence-corrected chi connectivity index (χ1v) is 9.99. The molecule has 0 unspecified atom stereocenters. The minimum absolute atomic E-state index is 0.717. The van der Waals surface area contributed by atoms with Gasteiger partial charge in [0.25, 0.3) is 0 Å². The van der Waals surface area contributed by atoms with Crippen molar-refractivity contribution in [3.05, 3.63) is 44.9 Å². The molecule has 0 aromatic carbocycles. The lowest BCUT2D eigenvalue weighted by molar-refractivity contribution is 0.902. The number of thiophene rings is 2. The van der Waals surface area contributed by atoms with E-state index >= 15 is 0 Å². The predicted octanol–water partition coefficient (Wildman–Crippen LogP) is 3.92. The van der Waals surface area contributed by atoms with Gasteiger partial charge in [-0.3, -0.25) is 4.99 Å². The van der Waals surface area contributed by atoms with Crippen LogP contribution >= 0.6 is 34.0 Å². The van der Waals surface area contributed by atoms with E-state index in [1.54, 1.807) is 29.7 Å². The molecule has 0 spiro atoms. The topological polar surface area (TPSA) is 63.3 Å². The van der Waals surface area contributed by atoms with E-state index in [4.69, 9.17) is 5.73 Å². The van der Waals surface area contributed by atoms with Crippen molar-refractivity contribution in [1.29, 1.82) is 0 Å². The van der Waals surface area contributed by atoms with Gasteiger partial charge in [0, 0.05) is 36.3 Å². The Hall–Kier alpha value is -2.14. The fourth-order valence-corrected chi connectivity index (χ4v) is 4.16. The molecule has 7 heteroatoms. The van der Waals surface area contributed by atoms with Gasteiger partial charge in [0.1, 0.15) is 16.5 Å². The molecule has 4 nitrogen and oxygen atoms in total. The summed E-state index contributed by atoms with van der Waals surface area (Å²) >= 11 is 4.81. The highest BCUT2D eigenvalue weighted by atomic mass is 32.1. The van der Waals surface area contributed by atoms with Crippen molar-refractivity contribution in [2.45, 2.75) is 6.42 Å². The molecule has 3 rings (SSSR count). The van der Waals surface area contributed by atoms with E-state index in [9.17, 15) is 0 Å². The number of nitrogen functional groups attached to an aromatic ring is 1. The number of rotatable bonds is 4. The van der Waals surface area contributed by atoms with Crippen molar-refractivity contribution in [3.8, 4) is 22.4 Å². The van der Waals surface area contributed by atoms with Crippen LogP contribution in [0, 0.1) is 11.8 Å². The Morgan fingerprint density at radius 2 is 2.21 bits per heavy atom. The van der Waals surface area contributed by atoms with Gasteiger partial charge >= 0.3 is 0 Å². The third kappa shape index (κ3) is 4.03. The Morgan fingerprint density at radius 1 is 1.29 bits per heavy atom. The molecule has 0 aliphatic heterocycles. The number of aromatic nitrogens is 1. The lowest BCUT2D eigenvalue weighted by Crippen LogP contribution is -2.25. The zero-order chi connectivity index (χ0) is 16.8. The SMILES string of the molecule is CN=C(NCCC#Cc1csc(-c2ccsc2)n1)c1ccsc1N. The highest BCUT2D eigenvalue weighted by Gasteiger charge is 2.07. The van der Waals surface area contributed by atoms with Crippen molar-refractivity contribution in [3.63, 3.8) is 0 Å². The molecule has 0 aliphatic carbocycles. The van der Waals surface area contributed by atoms with Gasteiger partial charge in [-0.2, -0.15) is 11.3 Å². The van der Waals surface area contributed by atoms with Crippen LogP contribution < -0.4 is 11.1 Å². The first-order chi connectivity index (χ1) is 11.8. The Kier molecular flexibility index (Phi) is 5.64. The molecule has 0 radical (unpaired) electrons. The van der Waals surface area contributed by atoms with Crippen LogP contribution in [0.3, 0.4) is 0 Å². The average Bonchev–Trinajstić information content (AvgIpc) is 3.32. The monoisotopic (exact) mass is 372 g/mol. The normalized spacial score (nSPS) is 11.1. The number of amidine groups is 1. The molecule has 0 bridgehead atoms. The summed E-state index contributed by atoms with van der Waals surface area (Å²) in [5.74, 6) is 7.07. The minimum atomic E-state index is 0.717. The molecule has 0 saturated carbocycles. The van der Waals surface area contributed by atoms with Crippen molar-refractivity contribution in [2.75, 3.05) is 19.3 Å². The second kappa shape index (κ2) is 8.11. The number of aliphatic imine (C=N–C) groups is 1. The van der Waals surface area contributed by atoms with Gasteiger partial charge < -0.3 is 11.1 Å². The highest BCUT2D eigenvalue weighted by Crippen LogP contribution is 2.25. The van der Waals surface area contributed by atoms with Crippen LogP contribution in [-0.2, 0) is 0 Å². The molecule has 3 heterocycles. The van der Waals surface area contributed by atoms with Gasteiger partial charge in [0.05, 0.1) is 10.6 Å². The fourth-order valence-electron chi connectivity index (χ4n) is 2.06. The van der Waals surface area contributed by atoms with Crippen molar-refractivity contribution >= 4 is 44.8 Å². The summed E-state index contributed by atoms with van der Waals surface area (Å²) in [6, 6.07) is 4.05. The first-order valence-electron chi connectivity index (χ1n) is 7.29. The van der Waals surface area contributed by atoms with Crippen molar-refractivity contribution < 1.29 is 0 Å². The minimum Gasteiger partial charge on any atom is -0.390 e. The van der Waals surface area contributed by atoms with Crippen LogP contribution in [0.15, 0.2) is 38.6 Å². The molecule has 3 aromatic rings. The number of nitrogens with zero attached hydrogens (tertiary/aromatic N) is 2. The van der Waals surface area contributed by atoms with Crippen LogP contribution in [-0.4, -0.2) is 24.4 Å². The predicted molar refractivity (Wildman–Crippen MR) is 106 cm³/mol. The first kappa shape index (κ1) is 16.7. The van der Waals surface area contributed by atoms with Gasteiger partial charge in [0.15, 0.2) is 0 Å². The molecule has 24 heavy (non-hydrogen) atoms. The number of hydrogen-bond acceptors (Lipinski definition) is 6. The number of nitrogens with one attached hydrogen (secondary N) is 1. The van der Waals surface area contributed by atoms with Crippen LogP contribution in [0.1, 0.15) is 17.7 Å². The zero-order valence-electron chi connectivity index (χ0n) is 13.1. The molecule has 122 valence electrons. The summed E-state index contributed by atoms with van der Waals surface area (Å²) < 4.78 is 0. The summed E-state index contributed by atoms with van der Waals surface area (Å²) in [5, 5.41) is 13.2. The van der Waals surface area contributed by atoms with E-state index in [2.05, 4.69) is 44.0 Å². The van der Waals surface area contributed by atoms with Gasteiger partial charge in [-0.15, -0.1) is 22.7 Å². The fraction of sp³-hybridized carbons (Fsp3) is 0.176. The summed E-state index contributed by atoms with van der Waals surface area (Å²) in [6.45, 7) is 0.719. The van der Waals surface area contributed by atoms with E-state index < -0.39 is 0 Å². The summed E-state index contributed by atoms with van der Waals surface area (Å²) in [6.07, 6.45) is 0.717. The Labute approximate surface area is 153 Å². The van der Waals surface area contributed by atoms with Gasteiger partial charge in [-0.1, -0.05) is 5.92 Å². The van der Waals surface area contributed by atoms with Crippen LogP contribution in [0.5, 0.6) is 0 Å². The summed E-state index contributed by atoms with van der Waals surface area (Å²) in [5.41, 5.74) is 8.87. The second-order valence-corrected chi connectivity index (χ2v) is 7.39. The third-order valence-corrected chi connectivity index (χ3v) is 5.53. The summed E-state index contributed by atoms with van der Waals surface area (Å²) in [7, 11) is 1.76. The number of hydrogen-bond donors (Lipinski definition) is 2. The molecule has 0 amide bonds. The Morgan fingerprint density at radius 3 is 2.92 bits per heavy atom. The van der Waals surface area contributed by atoms with Gasteiger partial charge in [0.2, 0.25) is 0 Å². The van der Waals surface area contributed by atoms with E-state index in [0.717, 1.165) is 39.2 Å². The maximum atomic E-state index is 5.93. The Bertz CT molecular complexity index is 878. The van der Waals surface area contributed by atoms with Gasteiger partial charge in [-0.05, 0) is 28.8 Å². The third-order valence-electron chi connectivity index (χ3n) is 3.21. The smallest absolute Gasteiger partial charge is 0.131 e. The lowest BCUT2D eigenvalue weighted by Gasteiger charge is -2.06. The molecule has 0 aliphatic rings. The number of anilines is 1. The Balaban J connectivity index is 1.52. The van der Waals surface area contributed by atoms with E-state index in [1.165, 1.54) is 11.3 Å². The quantitative estimate of drug-likeness (QED) is 0.316. The second-order valence-electron chi connectivity index (χ2n) is 4.80. The molecule has 3 N–H and O–H groups in total. The van der Waals surface area contributed by atoms with Crippen molar-refractivity contribution in [2.24, 2.45) is 4.99 Å². The highest BCUT2D eigenvalue weighted by molar-refractivity contribution is 7.14. The maximum absolute atomic E-state index is 5.93. The van der Waals surface area contributed by atoms with E-state index in [-0.39, 0.29) is 0 Å². The largest absolute Gasteiger partial charge is 0.390 e. The molecular weight excluding hydrogens is 356 g/mol. The van der Waals surface area contributed by atoms with Gasteiger partial charge in [-0.25, -0.2) is 4.98 Å². The average molecular weight is 373 g/mol. The molecule has 0 atom stereocenters. The molecule has 3 aromatic heterocycles. The van der Waals surface area contributed by atoms with E-state index in [0.29, 0.717) is 6.42 Å². The lowest BCUT2D eigenvalue weighted by atomic mass is 10.3. The molecule has 0 saturated heterocycles. The van der Waals surface area contributed by atoms with E-state index in [1.807, 2.05) is 16.8 Å².